The van der Waals surface area contributed by atoms with Crippen LogP contribution >= 0.6 is 15.9 Å². The fraction of sp³-hybridized carbons (Fsp3) is 0.182. The van der Waals surface area contributed by atoms with Crippen LogP contribution in [-0.4, -0.2) is 0 Å². The molecule has 1 aliphatic heterocycles. The predicted molar refractivity (Wildman–Crippen MR) is 101 cm³/mol. The molecule has 0 radical (unpaired) electrons. The summed E-state index contributed by atoms with van der Waals surface area (Å²) in [6, 6.07) is 27.5. The van der Waals surface area contributed by atoms with Gasteiger partial charge in [-0.25, -0.2) is 0 Å². The molecule has 0 N–H and O–H groups in total. The van der Waals surface area contributed by atoms with Gasteiger partial charge in [-0.1, -0.05) is 83.5 Å². The molecule has 0 fully saturated rings. The van der Waals surface area contributed by atoms with Crippen LogP contribution in [0.1, 0.15) is 36.0 Å². The van der Waals surface area contributed by atoms with E-state index in [1.807, 2.05) is 0 Å². The van der Waals surface area contributed by atoms with E-state index < -0.39 is 5.60 Å². The van der Waals surface area contributed by atoms with Crippen LogP contribution in [0.15, 0.2) is 83.3 Å². The van der Waals surface area contributed by atoms with E-state index in [1.165, 1.54) is 16.7 Å². The largest absolute Gasteiger partial charge is 0.478 e. The summed E-state index contributed by atoms with van der Waals surface area (Å²) in [6.07, 6.45) is 0.921. The summed E-state index contributed by atoms with van der Waals surface area (Å²) in [5, 5.41) is 0. The first kappa shape index (κ1) is 15.5. The van der Waals surface area contributed by atoms with Crippen molar-refractivity contribution in [3.8, 4) is 5.75 Å². The number of hydrogen-bond donors (Lipinski definition) is 0. The normalized spacial score (nSPS) is 18.5. The maximum Gasteiger partial charge on any atom is 0.160 e. The van der Waals surface area contributed by atoms with Gasteiger partial charge in [-0.15, -0.1) is 0 Å². The van der Waals surface area contributed by atoms with E-state index in [-0.39, 0.29) is 0 Å². The van der Waals surface area contributed by atoms with Gasteiger partial charge in [0.2, 0.25) is 0 Å². The van der Waals surface area contributed by atoms with Crippen molar-refractivity contribution in [2.45, 2.75) is 24.9 Å². The third kappa shape index (κ3) is 2.55. The number of halogens is 1. The zero-order chi connectivity index (χ0) is 16.6. The van der Waals surface area contributed by atoms with Crippen molar-refractivity contribution in [2.24, 2.45) is 0 Å². The van der Waals surface area contributed by atoms with Crippen molar-refractivity contribution in [1.82, 2.24) is 0 Å². The first-order chi connectivity index (χ1) is 11.7. The van der Waals surface area contributed by atoms with Crippen LogP contribution in [0.2, 0.25) is 0 Å². The van der Waals surface area contributed by atoms with Crippen molar-refractivity contribution in [3.63, 3.8) is 0 Å². The van der Waals surface area contributed by atoms with E-state index in [0.717, 1.165) is 16.6 Å². The molecule has 1 nitrogen and oxygen atoms in total. The lowest BCUT2D eigenvalue weighted by Gasteiger charge is -2.42. The van der Waals surface area contributed by atoms with Gasteiger partial charge in [0.1, 0.15) is 5.75 Å². The van der Waals surface area contributed by atoms with E-state index in [4.69, 9.17) is 4.74 Å². The maximum atomic E-state index is 6.70. The van der Waals surface area contributed by atoms with E-state index in [2.05, 4.69) is 102 Å². The average Bonchev–Trinajstić information content (AvgIpc) is 2.63. The van der Waals surface area contributed by atoms with E-state index in [9.17, 15) is 0 Å². The molecule has 3 aromatic carbocycles. The van der Waals surface area contributed by atoms with Gasteiger partial charge in [0, 0.05) is 10.9 Å². The highest BCUT2D eigenvalue weighted by Gasteiger charge is 2.42. The molecule has 2 heteroatoms. The molecule has 0 saturated carbocycles. The van der Waals surface area contributed by atoms with Gasteiger partial charge in [-0.3, -0.25) is 0 Å². The summed E-state index contributed by atoms with van der Waals surface area (Å²) in [7, 11) is 0. The first-order valence-electron chi connectivity index (χ1n) is 8.28. The quantitative estimate of drug-likeness (QED) is 0.509. The SMILES string of the molecule is CC1CC(c2ccccc2)(c2ccccc2)Oc2ccc(Br)cc21. The van der Waals surface area contributed by atoms with Gasteiger partial charge < -0.3 is 4.74 Å². The van der Waals surface area contributed by atoms with Gasteiger partial charge in [0.05, 0.1) is 0 Å². The van der Waals surface area contributed by atoms with Crippen LogP contribution in [-0.2, 0) is 5.60 Å². The highest BCUT2D eigenvalue weighted by atomic mass is 79.9. The minimum Gasteiger partial charge on any atom is -0.478 e. The molecule has 1 atom stereocenters. The lowest BCUT2D eigenvalue weighted by Crippen LogP contribution is -2.39. The Morgan fingerprint density at radius 2 is 1.46 bits per heavy atom. The average molecular weight is 379 g/mol. The minimum atomic E-state index is -0.442. The smallest absolute Gasteiger partial charge is 0.160 e. The molecule has 0 aromatic heterocycles. The molecule has 4 rings (SSSR count). The zero-order valence-corrected chi connectivity index (χ0v) is 15.2. The fourth-order valence-electron chi connectivity index (χ4n) is 3.70. The van der Waals surface area contributed by atoms with Crippen molar-refractivity contribution < 1.29 is 4.74 Å². The molecule has 0 spiro atoms. The number of rotatable bonds is 2. The maximum absolute atomic E-state index is 6.70. The number of hydrogen-bond acceptors (Lipinski definition) is 1. The van der Waals surface area contributed by atoms with Crippen molar-refractivity contribution in [3.05, 3.63) is 100 Å². The highest BCUT2D eigenvalue weighted by Crippen LogP contribution is 2.49. The minimum absolute atomic E-state index is 0.409. The second kappa shape index (κ2) is 6.10. The van der Waals surface area contributed by atoms with Crippen LogP contribution in [0.4, 0.5) is 0 Å². The zero-order valence-electron chi connectivity index (χ0n) is 13.6. The lowest BCUT2D eigenvalue weighted by molar-refractivity contribution is 0.0747. The molecule has 0 amide bonds. The summed E-state index contributed by atoms with van der Waals surface area (Å²) in [6.45, 7) is 2.29. The molecule has 0 saturated heterocycles. The van der Waals surface area contributed by atoms with Crippen LogP contribution in [0.25, 0.3) is 0 Å². The Morgan fingerprint density at radius 3 is 2.04 bits per heavy atom. The second-order valence-corrected chi connectivity index (χ2v) is 7.36. The van der Waals surface area contributed by atoms with E-state index in [1.54, 1.807) is 0 Å². The molecule has 24 heavy (non-hydrogen) atoms. The number of fused-ring (bicyclic) bond motifs is 1. The van der Waals surface area contributed by atoms with Crippen LogP contribution in [0, 0.1) is 0 Å². The summed E-state index contributed by atoms with van der Waals surface area (Å²) >= 11 is 3.58. The van der Waals surface area contributed by atoms with Gasteiger partial charge in [-0.05, 0) is 40.8 Å². The van der Waals surface area contributed by atoms with Gasteiger partial charge in [0.25, 0.3) is 0 Å². The Balaban J connectivity index is 1.91. The van der Waals surface area contributed by atoms with Gasteiger partial charge in [0.15, 0.2) is 5.60 Å². The molecule has 0 aliphatic carbocycles. The van der Waals surface area contributed by atoms with E-state index >= 15 is 0 Å². The molecular formula is C22H19BrO. The Labute approximate surface area is 151 Å². The topological polar surface area (TPSA) is 9.23 Å². The lowest BCUT2D eigenvalue weighted by atomic mass is 9.75. The Morgan fingerprint density at radius 1 is 0.875 bits per heavy atom. The highest BCUT2D eigenvalue weighted by molar-refractivity contribution is 9.10. The molecule has 120 valence electrons. The van der Waals surface area contributed by atoms with Crippen LogP contribution < -0.4 is 4.74 Å². The molecule has 1 unspecified atom stereocenters. The van der Waals surface area contributed by atoms with E-state index in [0.29, 0.717) is 5.92 Å². The predicted octanol–water partition coefficient (Wildman–Crippen LogP) is 6.28. The third-order valence-corrected chi connectivity index (χ3v) is 5.35. The summed E-state index contributed by atoms with van der Waals surface area (Å²) in [5.41, 5.74) is 3.24. The summed E-state index contributed by atoms with van der Waals surface area (Å²) in [4.78, 5) is 0. The number of ether oxygens (including phenoxy) is 1. The standard InChI is InChI=1S/C22H19BrO/c1-16-15-22(17-8-4-2-5-9-17,18-10-6-3-7-11-18)24-21-13-12-19(23)14-20(16)21/h2-14,16H,15H2,1H3. The number of benzene rings is 3. The van der Waals surface area contributed by atoms with Gasteiger partial charge >= 0.3 is 0 Å². The summed E-state index contributed by atoms with van der Waals surface area (Å²) < 4.78 is 7.80. The third-order valence-electron chi connectivity index (χ3n) is 4.86. The van der Waals surface area contributed by atoms with Crippen molar-refractivity contribution >= 4 is 15.9 Å². The van der Waals surface area contributed by atoms with Crippen LogP contribution in [0.3, 0.4) is 0 Å². The molecule has 1 aliphatic rings. The summed E-state index contributed by atoms with van der Waals surface area (Å²) in [5.74, 6) is 1.39. The molecule has 3 aromatic rings. The molecular weight excluding hydrogens is 360 g/mol. The molecule has 0 bridgehead atoms. The Kier molecular flexibility index (Phi) is 3.93. The van der Waals surface area contributed by atoms with Crippen molar-refractivity contribution in [1.29, 1.82) is 0 Å². The molecule has 1 heterocycles. The first-order valence-corrected chi connectivity index (χ1v) is 9.08. The van der Waals surface area contributed by atoms with Crippen LogP contribution in [0.5, 0.6) is 5.75 Å². The Hall–Kier alpha value is -2.06. The monoisotopic (exact) mass is 378 g/mol. The van der Waals surface area contributed by atoms with Gasteiger partial charge in [-0.2, -0.15) is 0 Å². The fourth-order valence-corrected chi connectivity index (χ4v) is 4.08. The van der Waals surface area contributed by atoms with Crippen molar-refractivity contribution in [2.75, 3.05) is 0 Å². The second-order valence-electron chi connectivity index (χ2n) is 6.45. The Bertz CT molecular complexity index is 803.